The molecule has 0 saturated carbocycles. The highest BCUT2D eigenvalue weighted by molar-refractivity contribution is 7.89. The topological polar surface area (TPSA) is 119 Å². The van der Waals surface area contributed by atoms with Gasteiger partial charge >= 0.3 is 6.09 Å². The lowest BCUT2D eigenvalue weighted by atomic mass is 9.88. The van der Waals surface area contributed by atoms with Crippen molar-refractivity contribution in [2.75, 3.05) is 6.54 Å². The smallest absolute Gasteiger partial charge is 0.409 e. The van der Waals surface area contributed by atoms with Gasteiger partial charge in [-0.3, -0.25) is 4.90 Å². The van der Waals surface area contributed by atoms with Crippen LogP contribution in [0.4, 0.5) is 4.79 Å². The van der Waals surface area contributed by atoms with Crippen LogP contribution in [-0.2, 0) is 22.1 Å². The maximum atomic E-state index is 11.5. The van der Waals surface area contributed by atoms with E-state index in [1.165, 1.54) is 21.8 Å². The lowest BCUT2D eigenvalue weighted by Gasteiger charge is -2.51. The summed E-state index contributed by atoms with van der Waals surface area (Å²) >= 11 is 0. The molecule has 3 rings (SSSR count). The summed E-state index contributed by atoms with van der Waals surface area (Å²) in [4.78, 5) is 12.8. The fourth-order valence-corrected chi connectivity index (χ4v) is 3.32. The number of nitrogens with zero attached hydrogens (tertiary/aromatic N) is 3. The Balaban J connectivity index is 2.03. The van der Waals surface area contributed by atoms with Crippen LogP contribution < -0.4 is 5.14 Å². The fourth-order valence-electron chi connectivity index (χ4n) is 2.87. The maximum absolute atomic E-state index is 11.5. The van der Waals surface area contributed by atoms with Crippen LogP contribution >= 0.6 is 0 Å². The van der Waals surface area contributed by atoms with Crippen LogP contribution in [-0.4, -0.2) is 40.8 Å². The minimum Gasteiger partial charge on any atom is -0.465 e. The number of hydrogen-bond acceptors (Lipinski definition) is 4. The van der Waals surface area contributed by atoms with Gasteiger partial charge < -0.3 is 5.11 Å². The normalized spacial score (nSPS) is 21.0. The molecule has 0 spiro atoms. The second-order valence-electron chi connectivity index (χ2n) is 5.47. The first-order chi connectivity index (χ1) is 10.8. The predicted molar refractivity (Wildman–Crippen MR) is 81.1 cm³/mol. The first-order valence-electron chi connectivity index (χ1n) is 6.96. The van der Waals surface area contributed by atoms with E-state index < -0.39 is 21.8 Å². The molecule has 3 N–H and O–H groups in total. The van der Waals surface area contributed by atoms with E-state index >= 15 is 0 Å². The quantitative estimate of drug-likeness (QED) is 0.856. The van der Waals surface area contributed by atoms with E-state index in [0.717, 1.165) is 5.56 Å². The fraction of sp³-hybridized carbons (Fsp3) is 0.286. The molecule has 2 aromatic rings. The van der Waals surface area contributed by atoms with Crippen LogP contribution in [0.25, 0.3) is 0 Å². The van der Waals surface area contributed by atoms with Gasteiger partial charge in [0.2, 0.25) is 0 Å². The molecule has 1 saturated heterocycles. The van der Waals surface area contributed by atoms with Crippen molar-refractivity contribution < 1.29 is 18.3 Å². The monoisotopic (exact) mass is 336 g/mol. The predicted octanol–water partition coefficient (Wildman–Crippen LogP) is 0.810. The van der Waals surface area contributed by atoms with Crippen molar-refractivity contribution in [2.24, 2.45) is 5.14 Å². The molecule has 0 bridgehead atoms. The molecule has 0 radical (unpaired) electrons. The largest absolute Gasteiger partial charge is 0.465 e. The summed E-state index contributed by atoms with van der Waals surface area (Å²) in [6.07, 6.45) is 1.32. The third-order valence-electron chi connectivity index (χ3n) is 4.08. The number of carbonyl (C=O) groups is 1. The number of primary sulfonamides is 1. The second-order valence-corrected chi connectivity index (χ2v) is 6.98. The molecule has 0 aliphatic carbocycles. The van der Waals surface area contributed by atoms with Crippen LogP contribution in [0.5, 0.6) is 0 Å². The summed E-state index contributed by atoms with van der Waals surface area (Å²) in [5.74, 6) is 0. The van der Waals surface area contributed by atoms with Crippen molar-refractivity contribution >= 4 is 16.1 Å². The van der Waals surface area contributed by atoms with Gasteiger partial charge in [-0.15, -0.1) is 0 Å². The maximum Gasteiger partial charge on any atom is 0.409 e. The third kappa shape index (κ3) is 2.68. The number of rotatable bonds is 4. The molecule has 1 aliphatic rings. The van der Waals surface area contributed by atoms with Gasteiger partial charge in [-0.1, -0.05) is 30.3 Å². The van der Waals surface area contributed by atoms with E-state index in [1.807, 2.05) is 30.3 Å². The van der Waals surface area contributed by atoms with Gasteiger partial charge in [-0.25, -0.2) is 23.0 Å². The molecule has 2 heterocycles. The van der Waals surface area contributed by atoms with Gasteiger partial charge in [0.25, 0.3) is 10.0 Å². The van der Waals surface area contributed by atoms with E-state index in [4.69, 9.17) is 5.14 Å². The van der Waals surface area contributed by atoms with Crippen molar-refractivity contribution in [1.82, 2.24) is 14.7 Å². The summed E-state index contributed by atoms with van der Waals surface area (Å²) in [6, 6.07) is 10.7. The summed E-state index contributed by atoms with van der Waals surface area (Å²) < 4.78 is 24.2. The molecule has 23 heavy (non-hydrogen) atoms. The molecule has 1 unspecified atom stereocenters. The lowest BCUT2D eigenvalue weighted by molar-refractivity contribution is -0.0668. The number of hydrogen-bond donors (Lipinski definition) is 2. The molecular weight excluding hydrogens is 320 g/mol. The number of aromatic nitrogens is 2. The third-order valence-corrected chi connectivity index (χ3v) is 4.88. The molecule has 1 aliphatic heterocycles. The zero-order valence-electron chi connectivity index (χ0n) is 12.2. The first-order valence-corrected chi connectivity index (χ1v) is 8.51. The summed E-state index contributed by atoms with van der Waals surface area (Å²) in [5, 5.41) is 18.2. The van der Waals surface area contributed by atoms with E-state index in [2.05, 4.69) is 5.10 Å². The van der Waals surface area contributed by atoms with Gasteiger partial charge in [0.1, 0.15) is 5.66 Å². The SMILES string of the molecule is NS(=O)(=O)c1ccn(C2(Cc3ccccc3)CCN2C(=O)O)n1. The number of likely N-dealkylation sites (tertiary alicyclic amines) is 1. The molecule has 1 aromatic carbocycles. The number of amides is 1. The Kier molecular flexibility index (Phi) is 3.61. The molecule has 1 fully saturated rings. The van der Waals surface area contributed by atoms with Gasteiger partial charge in [0.05, 0.1) is 0 Å². The summed E-state index contributed by atoms with van der Waals surface area (Å²) in [6.45, 7) is 0.368. The van der Waals surface area contributed by atoms with E-state index in [1.54, 1.807) is 0 Å². The highest BCUT2D eigenvalue weighted by atomic mass is 32.2. The molecule has 8 nitrogen and oxygen atoms in total. The highest BCUT2D eigenvalue weighted by Crippen LogP contribution is 2.38. The van der Waals surface area contributed by atoms with Crippen molar-refractivity contribution in [1.29, 1.82) is 0 Å². The van der Waals surface area contributed by atoms with E-state index in [0.29, 0.717) is 19.4 Å². The van der Waals surface area contributed by atoms with Crippen LogP contribution in [0.3, 0.4) is 0 Å². The van der Waals surface area contributed by atoms with Gasteiger partial charge in [-0.2, -0.15) is 5.10 Å². The van der Waals surface area contributed by atoms with Gasteiger partial charge in [-0.05, 0) is 11.6 Å². The number of benzene rings is 1. The van der Waals surface area contributed by atoms with Crippen LogP contribution in [0, 0.1) is 0 Å². The second kappa shape index (κ2) is 5.36. The summed E-state index contributed by atoms with van der Waals surface area (Å²) in [5.41, 5.74) is 0.00181. The molecule has 1 amide bonds. The molecule has 1 aromatic heterocycles. The number of nitrogens with two attached hydrogens (primary N) is 1. The zero-order valence-corrected chi connectivity index (χ0v) is 13.0. The number of sulfonamides is 1. The van der Waals surface area contributed by atoms with Crippen molar-refractivity contribution in [3.63, 3.8) is 0 Å². The zero-order chi connectivity index (χ0) is 16.7. The van der Waals surface area contributed by atoms with Crippen molar-refractivity contribution in [2.45, 2.75) is 23.5 Å². The average Bonchev–Trinajstić information content (AvgIpc) is 2.94. The lowest BCUT2D eigenvalue weighted by Crippen LogP contribution is -2.64. The highest BCUT2D eigenvalue weighted by Gasteiger charge is 2.50. The van der Waals surface area contributed by atoms with Gasteiger partial charge in [0.15, 0.2) is 5.03 Å². The Hall–Kier alpha value is -2.39. The molecule has 1 atom stereocenters. The van der Waals surface area contributed by atoms with Crippen LogP contribution in [0.2, 0.25) is 0 Å². The molecule has 9 heteroatoms. The van der Waals surface area contributed by atoms with Crippen LogP contribution in [0.15, 0.2) is 47.6 Å². The Morgan fingerprint density at radius 2 is 2.00 bits per heavy atom. The van der Waals surface area contributed by atoms with E-state index in [9.17, 15) is 18.3 Å². The van der Waals surface area contributed by atoms with Gasteiger partial charge in [0, 0.05) is 25.6 Å². The first kappa shape index (κ1) is 15.5. The average molecular weight is 336 g/mol. The number of carboxylic acid groups (broad SMARTS) is 1. The Labute approximate surface area is 133 Å². The Morgan fingerprint density at radius 3 is 2.48 bits per heavy atom. The Bertz CT molecular complexity index is 833. The van der Waals surface area contributed by atoms with Crippen molar-refractivity contribution in [3.05, 3.63) is 48.2 Å². The minimum absolute atomic E-state index is 0.276. The van der Waals surface area contributed by atoms with Crippen LogP contribution in [0.1, 0.15) is 12.0 Å². The van der Waals surface area contributed by atoms with Crippen molar-refractivity contribution in [3.8, 4) is 0 Å². The Morgan fingerprint density at radius 1 is 1.30 bits per heavy atom. The van der Waals surface area contributed by atoms with E-state index in [-0.39, 0.29) is 5.03 Å². The summed E-state index contributed by atoms with van der Waals surface area (Å²) in [7, 11) is -3.93. The minimum atomic E-state index is -3.93. The molecule has 122 valence electrons. The standard InChI is InChI=1S/C14H16N4O4S/c15-23(21,22)12-6-8-18(16-12)14(7-9-17(14)13(19)20)10-11-4-2-1-3-5-11/h1-6,8H,7,9-10H2,(H,19,20)(H2,15,21,22). The molecular formula is C14H16N4O4S.